The van der Waals surface area contributed by atoms with E-state index in [1.165, 1.54) is 42.7 Å². The number of fused-ring (bicyclic) bond motifs is 1. The second-order valence-electron chi connectivity index (χ2n) is 5.37. The maximum Gasteiger partial charge on any atom is 0.139 e. The fourth-order valence-corrected chi connectivity index (χ4v) is 3.09. The quantitative estimate of drug-likeness (QED) is 0.617. The van der Waals surface area contributed by atoms with Crippen LogP contribution < -0.4 is 0 Å². The zero-order valence-corrected chi connectivity index (χ0v) is 12.3. The molecule has 0 fully saturated rings. The summed E-state index contributed by atoms with van der Waals surface area (Å²) in [6.07, 6.45) is 5.57. The maximum absolute atomic E-state index is 13.5. The number of nitrogens with one attached hydrogen (secondary N) is 1. The van der Waals surface area contributed by atoms with Gasteiger partial charge in [-0.3, -0.25) is 0 Å². The van der Waals surface area contributed by atoms with Gasteiger partial charge in [0.25, 0.3) is 0 Å². The maximum atomic E-state index is 13.5. The van der Waals surface area contributed by atoms with Crippen molar-refractivity contribution in [1.82, 2.24) is 9.97 Å². The Morgan fingerprint density at radius 3 is 2.85 bits per heavy atom. The lowest BCUT2D eigenvalue weighted by Crippen LogP contribution is -2.03. The fraction of sp³-hybridized carbons (Fsp3) is 0.375. The molecule has 104 valence electrons. The van der Waals surface area contributed by atoms with Crippen LogP contribution in [0.2, 0.25) is 0 Å². The van der Waals surface area contributed by atoms with E-state index >= 15 is 0 Å². The highest BCUT2D eigenvalue weighted by Gasteiger charge is 2.14. The second kappa shape index (κ2) is 5.44. The topological polar surface area (TPSA) is 28.7 Å². The van der Waals surface area contributed by atoms with E-state index in [9.17, 15) is 4.39 Å². The van der Waals surface area contributed by atoms with Crippen molar-refractivity contribution >= 4 is 12.2 Å². The highest BCUT2D eigenvalue weighted by atomic mass is 32.1. The molecular formula is C16H17FN2S. The number of aromatic nitrogens is 2. The molecule has 0 unspecified atom stereocenters. The third-order valence-electron chi connectivity index (χ3n) is 3.91. The smallest absolute Gasteiger partial charge is 0.139 e. The van der Waals surface area contributed by atoms with E-state index in [-0.39, 0.29) is 5.82 Å². The summed E-state index contributed by atoms with van der Waals surface area (Å²) in [5.41, 5.74) is 4.15. The van der Waals surface area contributed by atoms with Gasteiger partial charge in [0, 0.05) is 16.8 Å². The van der Waals surface area contributed by atoms with Crippen LogP contribution >= 0.6 is 12.2 Å². The number of halogens is 1. The van der Waals surface area contributed by atoms with Gasteiger partial charge in [-0.2, -0.15) is 0 Å². The van der Waals surface area contributed by atoms with Crippen molar-refractivity contribution < 1.29 is 4.39 Å². The standard InChI is InChI=1S/C16H17FN2S/c1-10-7-8-11(17)9-13(10)15-18-14-6-4-2-3-5-12(14)16(20)19-15/h7-9H,2-6H2,1H3,(H,18,19,20). The van der Waals surface area contributed by atoms with Gasteiger partial charge in [-0.25, -0.2) is 9.37 Å². The predicted octanol–water partition coefficient (Wildman–Crippen LogP) is 4.52. The summed E-state index contributed by atoms with van der Waals surface area (Å²) in [6.45, 7) is 1.96. The van der Waals surface area contributed by atoms with Gasteiger partial charge in [-0.1, -0.05) is 24.7 Å². The Morgan fingerprint density at radius 1 is 1.20 bits per heavy atom. The molecule has 20 heavy (non-hydrogen) atoms. The van der Waals surface area contributed by atoms with Crippen LogP contribution in [0.4, 0.5) is 4.39 Å². The van der Waals surface area contributed by atoms with Crippen LogP contribution in [0, 0.1) is 17.4 Å². The number of H-pyrrole nitrogens is 1. The third kappa shape index (κ3) is 2.52. The molecule has 1 aliphatic carbocycles. The number of nitrogens with zero attached hydrogens (tertiary/aromatic N) is 1. The molecule has 3 rings (SSSR count). The molecule has 2 nitrogen and oxygen atoms in total. The normalized spacial score (nSPS) is 14.7. The predicted molar refractivity (Wildman–Crippen MR) is 80.8 cm³/mol. The summed E-state index contributed by atoms with van der Waals surface area (Å²) in [5, 5.41) is 0. The molecule has 0 amide bonds. The molecule has 0 aliphatic heterocycles. The largest absolute Gasteiger partial charge is 0.343 e. The summed E-state index contributed by atoms with van der Waals surface area (Å²) >= 11 is 5.44. The summed E-state index contributed by atoms with van der Waals surface area (Å²) in [6, 6.07) is 4.76. The van der Waals surface area contributed by atoms with Crippen molar-refractivity contribution in [3.8, 4) is 11.4 Å². The molecule has 0 radical (unpaired) electrons. The van der Waals surface area contributed by atoms with Gasteiger partial charge >= 0.3 is 0 Å². The number of benzene rings is 1. The van der Waals surface area contributed by atoms with Gasteiger partial charge in [0.2, 0.25) is 0 Å². The number of hydrogen-bond donors (Lipinski definition) is 1. The molecule has 0 spiro atoms. The zero-order valence-electron chi connectivity index (χ0n) is 11.5. The summed E-state index contributed by atoms with van der Waals surface area (Å²) in [5.74, 6) is 0.439. The number of aromatic amines is 1. The van der Waals surface area contributed by atoms with Gasteiger partial charge in [0.1, 0.15) is 16.3 Å². The van der Waals surface area contributed by atoms with E-state index in [1.54, 1.807) is 6.07 Å². The zero-order chi connectivity index (χ0) is 14.1. The molecule has 0 bridgehead atoms. The molecule has 0 saturated heterocycles. The Labute approximate surface area is 123 Å². The third-order valence-corrected chi connectivity index (χ3v) is 4.25. The van der Waals surface area contributed by atoms with Crippen LogP contribution in [-0.4, -0.2) is 9.97 Å². The highest BCUT2D eigenvalue weighted by molar-refractivity contribution is 7.71. The minimum Gasteiger partial charge on any atom is -0.343 e. The summed E-state index contributed by atoms with van der Waals surface area (Å²) in [7, 11) is 0. The van der Waals surface area contributed by atoms with Crippen molar-refractivity contribution in [2.45, 2.75) is 39.0 Å². The van der Waals surface area contributed by atoms with Gasteiger partial charge in [-0.05, 0) is 50.3 Å². The molecule has 1 aromatic heterocycles. The Bertz CT molecular complexity index is 706. The lowest BCUT2D eigenvalue weighted by atomic mass is 10.1. The van der Waals surface area contributed by atoms with Crippen LogP contribution in [0.25, 0.3) is 11.4 Å². The van der Waals surface area contributed by atoms with Crippen LogP contribution in [0.3, 0.4) is 0 Å². The molecule has 0 atom stereocenters. The molecule has 1 heterocycles. The Kier molecular flexibility index (Phi) is 3.66. The average Bonchev–Trinajstić information content (AvgIpc) is 2.67. The first kappa shape index (κ1) is 13.4. The van der Waals surface area contributed by atoms with Crippen LogP contribution in [0.5, 0.6) is 0 Å². The van der Waals surface area contributed by atoms with Crippen LogP contribution in [-0.2, 0) is 12.8 Å². The number of rotatable bonds is 1. The first-order valence-electron chi connectivity index (χ1n) is 7.04. The SMILES string of the molecule is Cc1ccc(F)cc1-c1nc(=S)c2c([nH]1)CCCCC2. The van der Waals surface area contributed by atoms with E-state index in [0.29, 0.717) is 10.5 Å². The van der Waals surface area contributed by atoms with Crippen molar-refractivity contribution in [2.24, 2.45) is 0 Å². The minimum absolute atomic E-state index is 0.248. The van der Waals surface area contributed by atoms with E-state index in [1.807, 2.05) is 6.92 Å². The van der Waals surface area contributed by atoms with Crippen molar-refractivity contribution in [2.75, 3.05) is 0 Å². The average molecular weight is 288 g/mol. The van der Waals surface area contributed by atoms with Crippen molar-refractivity contribution in [3.05, 3.63) is 45.5 Å². The van der Waals surface area contributed by atoms with Crippen LogP contribution in [0.1, 0.15) is 36.1 Å². The summed E-state index contributed by atoms with van der Waals surface area (Å²) < 4.78 is 14.1. The molecule has 2 aromatic rings. The molecular weight excluding hydrogens is 271 g/mol. The first-order valence-corrected chi connectivity index (χ1v) is 7.44. The Balaban J connectivity index is 2.16. The fourth-order valence-electron chi connectivity index (χ4n) is 2.77. The number of aryl methyl sites for hydroxylation is 2. The van der Waals surface area contributed by atoms with Crippen molar-refractivity contribution in [3.63, 3.8) is 0 Å². The molecule has 1 aliphatic rings. The first-order chi connectivity index (χ1) is 9.65. The molecule has 1 aromatic carbocycles. The highest BCUT2D eigenvalue weighted by Crippen LogP contribution is 2.25. The lowest BCUT2D eigenvalue weighted by Gasteiger charge is -2.11. The molecule has 1 N–H and O–H groups in total. The van der Waals surface area contributed by atoms with E-state index in [0.717, 1.165) is 24.0 Å². The van der Waals surface area contributed by atoms with E-state index in [2.05, 4.69) is 9.97 Å². The number of hydrogen-bond acceptors (Lipinski definition) is 2. The Morgan fingerprint density at radius 2 is 2.00 bits per heavy atom. The van der Waals surface area contributed by atoms with Gasteiger partial charge in [-0.15, -0.1) is 0 Å². The minimum atomic E-state index is -0.248. The second-order valence-corrected chi connectivity index (χ2v) is 5.75. The monoisotopic (exact) mass is 288 g/mol. The van der Waals surface area contributed by atoms with Crippen molar-refractivity contribution in [1.29, 1.82) is 0 Å². The van der Waals surface area contributed by atoms with Gasteiger partial charge in [0.15, 0.2) is 0 Å². The van der Waals surface area contributed by atoms with E-state index in [4.69, 9.17) is 12.2 Å². The van der Waals surface area contributed by atoms with Crippen LogP contribution in [0.15, 0.2) is 18.2 Å². The van der Waals surface area contributed by atoms with E-state index < -0.39 is 0 Å². The molecule has 4 heteroatoms. The Hall–Kier alpha value is -1.55. The lowest BCUT2D eigenvalue weighted by molar-refractivity contribution is 0.627. The molecule has 0 saturated carbocycles. The van der Waals surface area contributed by atoms with Gasteiger partial charge in [0.05, 0.1) is 0 Å². The summed E-state index contributed by atoms with van der Waals surface area (Å²) in [4.78, 5) is 7.88. The van der Waals surface area contributed by atoms with Gasteiger partial charge < -0.3 is 4.98 Å².